The van der Waals surface area contributed by atoms with Crippen molar-refractivity contribution in [2.75, 3.05) is 26.2 Å². The van der Waals surface area contributed by atoms with E-state index >= 15 is 0 Å². The molecule has 150 valence electrons. The topological polar surface area (TPSA) is 69.6 Å². The summed E-state index contributed by atoms with van der Waals surface area (Å²) in [6, 6.07) is 0. The molecule has 0 bridgehead atoms. The Morgan fingerprint density at radius 2 is 1.88 bits per heavy atom. The third-order valence-electron chi connectivity index (χ3n) is 3.78. The van der Waals surface area contributed by atoms with Crippen LogP contribution in [0, 0.1) is 0 Å². The molecule has 0 aliphatic heterocycles. The number of nitrogens with zero attached hydrogens (tertiary/aromatic N) is 3. The first kappa shape index (κ1) is 25.1. The molecule has 0 unspecified atom stereocenters. The maximum absolute atomic E-state index is 12.0. The average molecular weight is 495 g/mol. The van der Waals surface area contributed by atoms with Crippen LogP contribution in [-0.4, -0.2) is 47.9 Å². The van der Waals surface area contributed by atoms with Gasteiger partial charge in [0.25, 0.3) is 0 Å². The molecule has 0 saturated heterocycles. The van der Waals surface area contributed by atoms with E-state index in [0.717, 1.165) is 36.3 Å². The third kappa shape index (κ3) is 8.66. The number of carbonyl (C=O) groups is 1. The molecule has 1 rings (SSSR count). The summed E-state index contributed by atoms with van der Waals surface area (Å²) in [5, 5.41) is 9.55. The lowest BCUT2D eigenvalue weighted by Crippen LogP contribution is -2.40. The van der Waals surface area contributed by atoms with Gasteiger partial charge in [-0.25, -0.2) is 9.98 Å². The fourth-order valence-corrected chi connectivity index (χ4v) is 3.18. The van der Waals surface area contributed by atoms with Crippen molar-refractivity contribution >= 4 is 47.2 Å². The Morgan fingerprint density at radius 3 is 2.38 bits per heavy atom. The molecule has 0 atom stereocenters. The molecule has 1 heterocycles. The number of nitrogens with one attached hydrogen (secondary N) is 2. The van der Waals surface area contributed by atoms with Crippen molar-refractivity contribution in [1.29, 1.82) is 0 Å². The van der Waals surface area contributed by atoms with Gasteiger partial charge in [0.1, 0.15) is 5.01 Å². The van der Waals surface area contributed by atoms with E-state index in [0.29, 0.717) is 19.5 Å². The molecule has 0 spiro atoms. The van der Waals surface area contributed by atoms with Crippen LogP contribution in [0.3, 0.4) is 0 Å². The maximum atomic E-state index is 12.0. The lowest BCUT2D eigenvalue weighted by atomic mass is 9.93. The summed E-state index contributed by atoms with van der Waals surface area (Å²) in [6.07, 6.45) is 0.470. The molecule has 0 aliphatic carbocycles. The smallest absolute Gasteiger partial charge is 0.224 e. The maximum Gasteiger partial charge on any atom is 0.224 e. The SMILES string of the molecule is CCNC(=NCc1nc(C(C)(C)C)cs1)NCCC(=O)N(CC)CC.I. The Morgan fingerprint density at radius 1 is 1.23 bits per heavy atom. The molecule has 8 heteroatoms. The first-order chi connectivity index (χ1) is 11.8. The number of hydrogen-bond donors (Lipinski definition) is 2. The van der Waals surface area contributed by atoms with Crippen molar-refractivity contribution in [2.45, 2.75) is 59.9 Å². The fraction of sp³-hybridized carbons (Fsp3) is 0.722. The van der Waals surface area contributed by atoms with E-state index in [1.54, 1.807) is 11.3 Å². The van der Waals surface area contributed by atoms with Gasteiger partial charge in [0, 0.05) is 43.4 Å². The minimum Gasteiger partial charge on any atom is -0.357 e. The summed E-state index contributed by atoms with van der Waals surface area (Å²) in [6.45, 7) is 15.9. The Kier molecular flexibility index (Phi) is 12.0. The number of aliphatic imine (C=N–C) groups is 1. The molecular formula is C18H34IN5OS. The summed E-state index contributed by atoms with van der Waals surface area (Å²) >= 11 is 1.64. The molecule has 26 heavy (non-hydrogen) atoms. The number of halogens is 1. The second kappa shape index (κ2) is 12.5. The summed E-state index contributed by atoms with van der Waals surface area (Å²) in [5.74, 6) is 0.894. The van der Waals surface area contributed by atoms with Gasteiger partial charge in [-0.05, 0) is 20.8 Å². The lowest BCUT2D eigenvalue weighted by molar-refractivity contribution is -0.130. The highest BCUT2D eigenvalue weighted by Gasteiger charge is 2.17. The van der Waals surface area contributed by atoms with Gasteiger partial charge in [0.05, 0.1) is 12.2 Å². The minimum atomic E-state index is 0. The summed E-state index contributed by atoms with van der Waals surface area (Å²) in [5.41, 5.74) is 1.16. The van der Waals surface area contributed by atoms with Crippen molar-refractivity contribution < 1.29 is 4.79 Å². The molecule has 1 aromatic rings. The lowest BCUT2D eigenvalue weighted by Gasteiger charge is -2.19. The van der Waals surface area contributed by atoms with Gasteiger partial charge in [0.15, 0.2) is 5.96 Å². The molecule has 0 aliphatic rings. The predicted molar refractivity (Wildman–Crippen MR) is 122 cm³/mol. The van der Waals surface area contributed by atoms with Gasteiger partial charge in [-0.1, -0.05) is 20.8 Å². The molecule has 0 radical (unpaired) electrons. The Bertz CT molecular complexity index is 564. The van der Waals surface area contributed by atoms with E-state index in [2.05, 4.69) is 46.8 Å². The second-order valence-corrected chi connectivity index (χ2v) is 7.76. The number of aromatic nitrogens is 1. The van der Waals surface area contributed by atoms with E-state index in [9.17, 15) is 4.79 Å². The van der Waals surface area contributed by atoms with Crippen molar-refractivity contribution in [3.8, 4) is 0 Å². The summed E-state index contributed by atoms with van der Waals surface area (Å²) in [7, 11) is 0. The van der Waals surface area contributed by atoms with Crippen LogP contribution in [0.1, 0.15) is 58.7 Å². The quantitative estimate of drug-likeness (QED) is 0.330. The van der Waals surface area contributed by atoms with Crippen molar-refractivity contribution in [1.82, 2.24) is 20.5 Å². The Balaban J connectivity index is 0.00000625. The first-order valence-electron chi connectivity index (χ1n) is 9.06. The molecule has 1 amide bonds. The van der Waals surface area contributed by atoms with E-state index in [-0.39, 0.29) is 35.3 Å². The summed E-state index contributed by atoms with van der Waals surface area (Å²) < 4.78 is 0. The van der Waals surface area contributed by atoms with Crippen LogP contribution < -0.4 is 10.6 Å². The van der Waals surface area contributed by atoms with Gasteiger partial charge in [-0.15, -0.1) is 35.3 Å². The predicted octanol–water partition coefficient (Wildman–Crippen LogP) is 3.37. The molecule has 0 saturated carbocycles. The molecule has 1 aromatic heterocycles. The number of guanidine groups is 1. The second-order valence-electron chi connectivity index (χ2n) is 6.81. The molecule has 0 fully saturated rings. The molecule has 0 aromatic carbocycles. The number of rotatable bonds is 8. The molecular weight excluding hydrogens is 461 g/mol. The van der Waals surface area contributed by atoms with E-state index in [4.69, 9.17) is 0 Å². The molecule has 6 nitrogen and oxygen atoms in total. The largest absolute Gasteiger partial charge is 0.357 e. The average Bonchev–Trinajstić information content (AvgIpc) is 3.03. The van der Waals surface area contributed by atoms with Crippen LogP contribution >= 0.6 is 35.3 Å². The van der Waals surface area contributed by atoms with Gasteiger partial charge in [-0.3, -0.25) is 4.79 Å². The van der Waals surface area contributed by atoms with Gasteiger partial charge >= 0.3 is 0 Å². The standard InChI is InChI=1S/C18H33N5OS.HI/c1-7-19-17(20-11-10-16(24)23(8-2)9-3)21-12-15-22-14(13-25-15)18(4,5)6;/h13H,7-12H2,1-6H3,(H2,19,20,21);1H. The van der Waals surface area contributed by atoms with E-state index in [1.807, 2.05) is 25.7 Å². The minimum absolute atomic E-state index is 0. The van der Waals surface area contributed by atoms with Crippen LogP contribution in [0.4, 0.5) is 0 Å². The summed E-state index contributed by atoms with van der Waals surface area (Å²) in [4.78, 5) is 23.1. The van der Waals surface area contributed by atoms with Gasteiger partial charge in [0.2, 0.25) is 5.91 Å². The van der Waals surface area contributed by atoms with Crippen LogP contribution in [0.25, 0.3) is 0 Å². The normalized spacial score (nSPS) is 11.7. The number of thiazole rings is 1. The van der Waals surface area contributed by atoms with Crippen molar-refractivity contribution in [2.24, 2.45) is 4.99 Å². The zero-order chi connectivity index (χ0) is 18.9. The number of carbonyl (C=O) groups excluding carboxylic acids is 1. The highest BCUT2D eigenvalue weighted by Crippen LogP contribution is 2.24. The molecule has 2 N–H and O–H groups in total. The number of amides is 1. The van der Waals surface area contributed by atoms with Crippen LogP contribution in [-0.2, 0) is 16.8 Å². The van der Waals surface area contributed by atoms with E-state index in [1.165, 1.54) is 0 Å². The van der Waals surface area contributed by atoms with Crippen LogP contribution in [0.2, 0.25) is 0 Å². The van der Waals surface area contributed by atoms with Crippen molar-refractivity contribution in [3.05, 3.63) is 16.1 Å². The highest BCUT2D eigenvalue weighted by atomic mass is 127. The zero-order valence-electron chi connectivity index (χ0n) is 16.9. The van der Waals surface area contributed by atoms with Crippen molar-refractivity contribution in [3.63, 3.8) is 0 Å². The Hall–Kier alpha value is -0.900. The Labute approximate surface area is 179 Å². The van der Waals surface area contributed by atoms with Gasteiger partial charge in [-0.2, -0.15) is 0 Å². The van der Waals surface area contributed by atoms with Crippen LogP contribution in [0.15, 0.2) is 10.4 Å². The van der Waals surface area contributed by atoms with Crippen LogP contribution in [0.5, 0.6) is 0 Å². The van der Waals surface area contributed by atoms with Gasteiger partial charge < -0.3 is 15.5 Å². The highest BCUT2D eigenvalue weighted by molar-refractivity contribution is 14.0. The fourth-order valence-electron chi connectivity index (χ4n) is 2.24. The zero-order valence-corrected chi connectivity index (χ0v) is 20.0. The third-order valence-corrected chi connectivity index (χ3v) is 4.62. The first-order valence-corrected chi connectivity index (χ1v) is 9.94. The number of hydrogen-bond acceptors (Lipinski definition) is 4. The van der Waals surface area contributed by atoms with E-state index < -0.39 is 0 Å². The monoisotopic (exact) mass is 495 g/mol.